The standard InChI is InChI=1S/C28H32N6O3/c1-17(2)23-25(36)34(28(33-23)9-5-3-4-6-10-28)16-22(35)31-19-12-18-13-27(14-21(18)30-15-19)20-8-7-11-29-24(20)32-26(27)37/h7-8,11-12,15,17H,3-6,9-10,13-14,16H2,1-2H3,(H,31,35)(H,29,32,37)/t27-/m0/s1. The number of fused-ring (bicyclic) bond motifs is 3. The van der Waals surface area contributed by atoms with Gasteiger partial charge in [0.15, 0.2) is 0 Å². The molecule has 0 bridgehead atoms. The van der Waals surface area contributed by atoms with E-state index in [1.54, 1.807) is 17.3 Å². The summed E-state index contributed by atoms with van der Waals surface area (Å²) in [5, 5.41) is 5.86. The van der Waals surface area contributed by atoms with Gasteiger partial charge in [0, 0.05) is 29.8 Å². The van der Waals surface area contributed by atoms with Crippen LogP contribution in [0.1, 0.15) is 69.2 Å². The second kappa shape index (κ2) is 8.75. The number of aromatic nitrogens is 2. The second-order valence-corrected chi connectivity index (χ2v) is 11.1. The van der Waals surface area contributed by atoms with Gasteiger partial charge in [-0.15, -0.1) is 0 Å². The van der Waals surface area contributed by atoms with Gasteiger partial charge >= 0.3 is 0 Å². The van der Waals surface area contributed by atoms with Crippen LogP contribution in [0.3, 0.4) is 0 Å². The molecule has 9 nitrogen and oxygen atoms in total. The van der Waals surface area contributed by atoms with E-state index in [4.69, 9.17) is 4.99 Å². The van der Waals surface area contributed by atoms with Crippen molar-refractivity contribution in [2.24, 2.45) is 10.9 Å². The van der Waals surface area contributed by atoms with Gasteiger partial charge in [-0.25, -0.2) is 4.98 Å². The highest BCUT2D eigenvalue weighted by molar-refractivity contribution is 6.41. The summed E-state index contributed by atoms with van der Waals surface area (Å²) < 4.78 is 0. The Hall–Kier alpha value is -3.62. The van der Waals surface area contributed by atoms with Crippen molar-refractivity contribution in [3.63, 3.8) is 0 Å². The fraction of sp³-hybridized carbons (Fsp3) is 0.500. The third-order valence-electron chi connectivity index (χ3n) is 8.34. The molecule has 1 saturated carbocycles. The molecular weight excluding hydrogens is 468 g/mol. The average Bonchev–Trinajstić information content (AvgIpc) is 3.38. The molecule has 37 heavy (non-hydrogen) atoms. The van der Waals surface area contributed by atoms with Crippen molar-refractivity contribution in [2.75, 3.05) is 17.2 Å². The number of nitrogens with one attached hydrogen (secondary N) is 2. The van der Waals surface area contributed by atoms with Crippen molar-refractivity contribution in [2.45, 2.75) is 76.3 Å². The van der Waals surface area contributed by atoms with E-state index in [9.17, 15) is 14.4 Å². The van der Waals surface area contributed by atoms with Gasteiger partial charge in [-0.1, -0.05) is 32.8 Å². The van der Waals surface area contributed by atoms with E-state index in [0.29, 0.717) is 30.1 Å². The first-order valence-corrected chi connectivity index (χ1v) is 13.3. The van der Waals surface area contributed by atoms with Crippen LogP contribution in [0.2, 0.25) is 0 Å². The minimum Gasteiger partial charge on any atom is -0.323 e. The van der Waals surface area contributed by atoms with E-state index in [-0.39, 0.29) is 30.2 Å². The number of hydrogen-bond donors (Lipinski definition) is 2. The maximum absolute atomic E-state index is 13.3. The van der Waals surface area contributed by atoms with Gasteiger partial charge in [0.2, 0.25) is 11.8 Å². The van der Waals surface area contributed by atoms with Crippen molar-refractivity contribution < 1.29 is 14.4 Å². The number of carbonyl (C=O) groups is 3. The Bertz CT molecular complexity index is 1330. The van der Waals surface area contributed by atoms with Gasteiger partial charge in [0.25, 0.3) is 5.91 Å². The largest absolute Gasteiger partial charge is 0.323 e. The van der Waals surface area contributed by atoms with Gasteiger partial charge in [0.1, 0.15) is 23.7 Å². The Morgan fingerprint density at radius 3 is 2.68 bits per heavy atom. The molecule has 2 aliphatic carbocycles. The van der Waals surface area contributed by atoms with Crippen LogP contribution >= 0.6 is 0 Å². The lowest BCUT2D eigenvalue weighted by atomic mass is 9.80. The maximum Gasteiger partial charge on any atom is 0.270 e. The quantitative estimate of drug-likeness (QED) is 0.668. The summed E-state index contributed by atoms with van der Waals surface area (Å²) >= 11 is 0. The molecular formula is C28H32N6O3. The summed E-state index contributed by atoms with van der Waals surface area (Å²) in [6.45, 7) is 3.92. The Labute approximate surface area is 216 Å². The van der Waals surface area contributed by atoms with E-state index in [1.165, 1.54) is 0 Å². The Morgan fingerprint density at radius 2 is 1.92 bits per heavy atom. The molecule has 4 aliphatic rings. The van der Waals surface area contributed by atoms with Crippen LogP contribution in [-0.2, 0) is 32.6 Å². The highest BCUT2D eigenvalue weighted by Gasteiger charge is 2.52. The number of anilines is 2. The maximum atomic E-state index is 13.3. The average molecular weight is 501 g/mol. The number of nitrogens with zero attached hydrogens (tertiary/aromatic N) is 4. The molecule has 2 aromatic heterocycles. The zero-order chi connectivity index (χ0) is 25.8. The van der Waals surface area contributed by atoms with Crippen molar-refractivity contribution >= 4 is 34.9 Å². The number of pyridine rings is 2. The van der Waals surface area contributed by atoms with Crippen LogP contribution in [0.25, 0.3) is 0 Å². The molecule has 2 N–H and O–H groups in total. The van der Waals surface area contributed by atoms with E-state index >= 15 is 0 Å². The summed E-state index contributed by atoms with van der Waals surface area (Å²) in [5.74, 6) is 0.175. The Morgan fingerprint density at radius 1 is 1.14 bits per heavy atom. The van der Waals surface area contributed by atoms with Crippen LogP contribution in [0, 0.1) is 5.92 Å². The van der Waals surface area contributed by atoms with Gasteiger partial charge in [-0.3, -0.25) is 24.4 Å². The molecule has 2 aliphatic heterocycles. The van der Waals surface area contributed by atoms with Crippen molar-refractivity contribution in [1.29, 1.82) is 0 Å². The zero-order valence-corrected chi connectivity index (χ0v) is 21.3. The molecule has 6 rings (SSSR count). The summed E-state index contributed by atoms with van der Waals surface area (Å²) in [6, 6.07) is 5.69. The first kappa shape index (κ1) is 23.8. The van der Waals surface area contributed by atoms with Gasteiger partial charge in [0.05, 0.1) is 17.3 Å². The molecule has 0 saturated heterocycles. The molecule has 2 spiro atoms. The fourth-order valence-corrected chi connectivity index (χ4v) is 6.46. The lowest BCUT2D eigenvalue weighted by Crippen LogP contribution is -2.50. The zero-order valence-electron chi connectivity index (χ0n) is 21.3. The van der Waals surface area contributed by atoms with E-state index in [0.717, 1.165) is 55.3 Å². The van der Waals surface area contributed by atoms with Crippen LogP contribution in [0.5, 0.6) is 0 Å². The van der Waals surface area contributed by atoms with Gasteiger partial charge < -0.3 is 15.5 Å². The molecule has 0 radical (unpaired) electrons. The molecule has 0 aromatic carbocycles. The number of amides is 3. The lowest BCUT2D eigenvalue weighted by molar-refractivity contribution is -0.133. The first-order valence-electron chi connectivity index (χ1n) is 13.3. The normalized spacial score (nSPS) is 23.8. The summed E-state index contributed by atoms with van der Waals surface area (Å²) in [6.07, 6.45) is 10.2. The van der Waals surface area contributed by atoms with Crippen molar-refractivity contribution in [3.8, 4) is 0 Å². The third kappa shape index (κ3) is 3.83. The molecule has 192 valence electrons. The monoisotopic (exact) mass is 500 g/mol. The van der Waals surface area contributed by atoms with Crippen LogP contribution in [0.4, 0.5) is 11.5 Å². The van der Waals surface area contributed by atoms with Crippen LogP contribution in [0.15, 0.2) is 35.6 Å². The molecule has 0 unspecified atom stereocenters. The SMILES string of the molecule is CC(C)C1=NC2(CCCCCC2)N(CC(=O)Nc2cnc3c(c2)C[C@@]2(C3)C(=O)Nc3ncccc32)C1=O. The van der Waals surface area contributed by atoms with Crippen LogP contribution in [-0.4, -0.2) is 50.5 Å². The highest BCUT2D eigenvalue weighted by atomic mass is 16.2. The van der Waals surface area contributed by atoms with Crippen molar-refractivity contribution in [3.05, 3.63) is 47.4 Å². The minimum atomic E-state index is -0.708. The number of carbonyl (C=O) groups excluding carboxylic acids is 3. The molecule has 9 heteroatoms. The Balaban J connectivity index is 1.20. The predicted molar refractivity (Wildman–Crippen MR) is 139 cm³/mol. The smallest absolute Gasteiger partial charge is 0.270 e. The number of hydrogen-bond acceptors (Lipinski definition) is 6. The summed E-state index contributed by atoms with van der Waals surface area (Å²) in [4.78, 5) is 55.0. The topological polar surface area (TPSA) is 117 Å². The fourth-order valence-electron chi connectivity index (χ4n) is 6.46. The second-order valence-electron chi connectivity index (χ2n) is 11.1. The predicted octanol–water partition coefficient (Wildman–Crippen LogP) is 3.39. The van der Waals surface area contributed by atoms with E-state index < -0.39 is 11.1 Å². The molecule has 3 amide bonds. The minimum absolute atomic E-state index is 0.0158. The lowest BCUT2D eigenvalue weighted by Gasteiger charge is -2.35. The number of aliphatic imine (C=N–C) groups is 1. The first-order chi connectivity index (χ1) is 17.8. The number of rotatable bonds is 4. The molecule has 4 heterocycles. The molecule has 1 fully saturated rings. The van der Waals surface area contributed by atoms with E-state index in [1.807, 2.05) is 32.0 Å². The van der Waals surface area contributed by atoms with Gasteiger partial charge in [-0.2, -0.15) is 0 Å². The summed E-state index contributed by atoms with van der Waals surface area (Å²) in [5.41, 5.74) is 2.51. The van der Waals surface area contributed by atoms with E-state index in [2.05, 4.69) is 20.6 Å². The third-order valence-corrected chi connectivity index (χ3v) is 8.34. The highest BCUT2D eigenvalue weighted by Crippen LogP contribution is 2.46. The van der Waals surface area contributed by atoms with Gasteiger partial charge in [-0.05, 0) is 49.8 Å². The Kier molecular flexibility index (Phi) is 5.62. The molecule has 1 atom stereocenters. The molecule has 2 aromatic rings. The van der Waals surface area contributed by atoms with Crippen molar-refractivity contribution in [1.82, 2.24) is 14.9 Å². The summed E-state index contributed by atoms with van der Waals surface area (Å²) in [7, 11) is 0. The van der Waals surface area contributed by atoms with Crippen LogP contribution < -0.4 is 10.6 Å².